The van der Waals surface area contributed by atoms with E-state index in [1.807, 2.05) is 54.6 Å². The zero-order valence-corrected chi connectivity index (χ0v) is 24.8. The fraction of sp³-hybridized carbons (Fsp3) is 0.200. The van der Waals surface area contributed by atoms with E-state index in [1.165, 1.54) is 25.5 Å². The second-order valence-corrected chi connectivity index (χ2v) is 13.2. The molecule has 11 heteroatoms. The molecule has 1 amide bonds. The molecule has 0 saturated heterocycles. The number of aryl methyl sites for hydroxylation is 1. The lowest BCUT2D eigenvalue weighted by molar-refractivity contribution is -0.144. The summed E-state index contributed by atoms with van der Waals surface area (Å²) in [5.41, 5.74) is 1.80. The molecule has 212 valence electrons. The summed E-state index contributed by atoms with van der Waals surface area (Å²) in [5.74, 6) is 1.91. The second-order valence-electron chi connectivity index (χ2n) is 10.2. The molecule has 1 saturated carbocycles. The molecular weight excluding hydrogens is 585 g/mol. The van der Waals surface area contributed by atoms with Crippen LogP contribution in [0.5, 0.6) is 0 Å². The number of carbonyl (C=O) groups excluding carboxylic acids is 2. The summed E-state index contributed by atoms with van der Waals surface area (Å²) in [7, 11) is 0.399. The molecule has 1 aromatic heterocycles. The summed E-state index contributed by atoms with van der Waals surface area (Å²) in [5, 5.41) is 3.76. The standard InChI is InChI=1S/C30H27Cl2N3O5S/c1-35-25-8-6-5-7-19(25)13-21(28(35)37)17-9-11-18(12-10-17)22-16-30(22,29(38)40-2)33-27(36)26-23(31)14-20(15-24(26)32)34-41(3,4)39/h5-15,22H,3,16H2,1-2,4H3,(H,33,36)(H,34,39). The molecule has 1 heterocycles. The van der Waals surface area contributed by atoms with Crippen LogP contribution in [0.3, 0.4) is 0 Å². The molecule has 4 aromatic rings. The molecule has 3 aromatic carbocycles. The van der Waals surface area contributed by atoms with Crippen LogP contribution in [-0.2, 0) is 26.3 Å². The molecule has 0 aliphatic heterocycles. The maximum absolute atomic E-state index is 13.3. The number of aromatic nitrogens is 1. The first-order valence-electron chi connectivity index (χ1n) is 12.5. The van der Waals surface area contributed by atoms with E-state index >= 15 is 0 Å². The molecular formula is C30H27Cl2N3O5S. The highest BCUT2D eigenvalue weighted by molar-refractivity contribution is 8.00. The number of rotatable bonds is 7. The Hall–Kier alpha value is -3.79. The van der Waals surface area contributed by atoms with Crippen molar-refractivity contribution < 1.29 is 18.5 Å². The number of amides is 1. The highest BCUT2D eigenvalue weighted by Crippen LogP contribution is 2.52. The highest BCUT2D eigenvalue weighted by Gasteiger charge is 2.63. The quantitative estimate of drug-likeness (QED) is 0.225. The molecule has 3 unspecified atom stereocenters. The molecule has 0 radical (unpaired) electrons. The van der Waals surface area contributed by atoms with Crippen molar-refractivity contribution in [1.82, 2.24) is 9.88 Å². The lowest BCUT2D eigenvalue weighted by Gasteiger charge is -2.19. The summed E-state index contributed by atoms with van der Waals surface area (Å²) in [6.07, 6.45) is 1.72. The normalized spacial score (nSPS) is 19.3. The van der Waals surface area contributed by atoms with Gasteiger partial charge in [-0.2, -0.15) is 0 Å². The Labute approximate surface area is 247 Å². The van der Waals surface area contributed by atoms with Gasteiger partial charge < -0.3 is 19.3 Å². The maximum atomic E-state index is 13.3. The third kappa shape index (κ3) is 5.45. The van der Waals surface area contributed by atoms with Crippen LogP contribution in [0.4, 0.5) is 5.69 Å². The number of hydrogen-bond acceptors (Lipinski definition) is 5. The number of fused-ring (bicyclic) bond motifs is 1. The molecule has 41 heavy (non-hydrogen) atoms. The smallest absolute Gasteiger partial charge is 0.332 e. The van der Waals surface area contributed by atoms with E-state index in [0.29, 0.717) is 17.7 Å². The molecule has 1 aliphatic carbocycles. The van der Waals surface area contributed by atoms with Crippen molar-refractivity contribution in [3.05, 3.63) is 98.3 Å². The fourth-order valence-corrected chi connectivity index (χ4v) is 6.42. The number of para-hydroxylation sites is 1. The van der Waals surface area contributed by atoms with Crippen molar-refractivity contribution in [3.8, 4) is 11.1 Å². The number of esters is 1. The number of nitrogens with one attached hydrogen (secondary N) is 2. The first-order chi connectivity index (χ1) is 19.3. The van der Waals surface area contributed by atoms with Crippen LogP contribution < -0.4 is 15.6 Å². The highest BCUT2D eigenvalue weighted by atomic mass is 35.5. The minimum absolute atomic E-state index is 0.0136. The summed E-state index contributed by atoms with van der Waals surface area (Å²) in [6.45, 7) is 0. The predicted octanol–water partition coefficient (Wildman–Crippen LogP) is 5.01. The topological polar surface area (TPSA) is 106 Å². The number of carbonyl (C=O) groups is 2. The van der Waals surface area contributed by atoms with Gasteiger partial charge in [0.15, 0.2) is 0 Å². The maximum Gasteiger partial charge on any atom is 0.332 e. The third-order valence-electron chi connectivity index (χ3n) is 7.21. The molecule has 2 N–H and O–H groups in total. The first kappa shape index (κ1) is 28.7. The number of pyridine rings is 1. The van der Waals surface area contributed by atoms with E-state index in [2.05, 4.69) is 15.9 Å². The monoisotopic (exact) mass is 611 g/mol. The number of nitrogens with zero attached hydrogens (tertiary/aromatic N) is 1. The van der Waals surface area contributed by atoms with Crippen LogP contribution in [0.25, 0.3) is 22.0 Å². The van der Waals surface area contributed by atoms with Crippen molar-refractivity contribution in [3.63, 3.8) is 0 Å². The van der Waals surface area contributed by atoms with E-state index in [-0.39, 0.29) is 27.1 Å². The van der Waals surface area contributed by atoms with Crippen LogP contribution in [0.15, 0.2) is 71.5 Å². The van der Waals surface area contributed by atoms with Crippen molar-refractivity contribution in [2.75, 3.05) is 18.1 Å². The van der Waals surface area contributed by atoms with E-state index in [4.69, 9.17) is 27.9 Å². The van der Waals surface area contributed by atoms with Gasteiger partial charge in [0.2, 0.25) is 0 Å². The lowest BCUT2D eigenvalue weighted by atomic mass is 10.00. The van der Waals surface area contributed by atoms with Crippen LogP contribution in [0, 0.1) is 0 Å². The Kier molecular flexibility index (Phi) is 7.40. The van der Waals surface area contributed by atoms with Gasteiger partial charge in [0.05, 0.1) is 28.2 Å². The van der Waals surface area contributed by atoms with E-state index in [1.54, 1.807) is 11.6 Å². The Bertz CT molecular complexity index is 1860. The Morgan fingerprint density at radius 3 is 2.32 bits per heavy atom. The summed E-state index contributed by atoms with van der Waals surface area (Å²) in [6, 6.07) is 19.7. The Balaban J connectivity index is 1.42. The number of methoxy groups -OCH3 is 1. The van der Waals surface area contributed by atoms with Gasteiger partial charge in [0.25, 0.3) is 11.5 Å². The van der Waals surface area contributed by atoms with E-state index < -0.39 is 27.1 Å². The SMILES string of the molecule is C=S(C)(=O)Nc1cc(Cl)c(C(=O)NC2(C(=O)OC)CC2c2ccc(-c3cc4ccccc4n(C)c3=O)cc2)c(Cl)c1. The fourth-order valence-electron chi connectivity index (χ4n) is 5.15. The molecule has 0 bridgehead atoms. The third-order valence-corrected chi connectivity index (χ3v) is 8.47. The van der Waals surface area contributed by atoms with E-state index in [0.717, 1.165) is 22.0 Å². The van der Waals surface area contributed by atoms with Crippen LogP contribution in [0.2, 0.25) is 10.0 Å². The summed E-state index contributed by atoms with van der Waals surface area (Å²) >= 11 is 12.7. The van der Waals surface area contributed by atoms with Crippen LogP contribution >= 0.6 is 23.2 Å². The average Bonchev–Trinajstić information content (AvgIpc) is 3.64. The molecule has 8 nitrogen and oxygen atoms in total. The minimum Gasteiger partial charge on any atom is -0.467 e. The van der Waals surface area contributed by atoms with Gasteiger partial charge in [-0.15, -0.1) is 0 Å². The summed E-state index contributed by atoms with van der Waals surface area (Å²) in [4.78, 5) is 39.3. The molecule has 5 rings (SSSR count). The van der Waals surface area contributed by atoms with Gasteiger partial charge in [-0.25, -0.2) is 9.00 Å². The zero-order chi connectivity index (χ0) is 29.7. The van der Waals surface area contributed by atoms with Crippen molar-refractivity contribution >= 4 is 67.2 Å². The van der Waals surface area contributed by atoms with Gasteiger partial charge in [-0.1, -0.05) is 65.7 Å². The number of benzene rings is 3. The van der Waals surface area contributed by atoms with Crippen molar-refractivity contribution in [1.29, 1.82) is 0 Å². The summed E-state index contributed by atoms with van der Waals surface area (Å²) < 4.78 is 21.4. The second kappa shape index (κ2) is 10.6. The van der Waals surface area contributed by atoms with Gasteiger partial charge in [-0.3, -0.25) is 9.59 Å². The molecule has 3 atom stereocenters. The van der Waals surface area contributed by atoms with Gasteiger partial charge in [0.1, 0.15) is 5.54 Å². The number of ether oxygens (including phenoxy) is 1. The Morgan fingerprint density at radius 1 is 1.07 bits per heavy atom. The van der Waals surface area contributed by atoms with E-state index in [9.17, 15) is 18.6 Å². The first-order valence-corrected chi connectivity index (χ1v) is 15.4. The largest absolute Gasteiger partial charge is 0.467 e. The van der Waals surface area contributed by atoms with Crippen molar-refractivity contribution in [2.24, 2.45) is 7.05 Å². The van der Waals surface area contributed by atoms with Gasteiger partial charge in [-0.05, 0) is 53.1 Å². The number of halogens is 2. The minimum atomic E-state index is -2.60. The Morgan fingerprint density at radius 2 is 1.71 bits per heavy atom. The van der Waals surface area contributed by atoms with Crippen LogP contribution in [0.1, 0.15) is 28.3 Å². The number of hydrogen-bond donors (Lipinski definition) is 2. The molecule has 1 fully saturated rings. The van der Waals surface area contributed by atoms with Gasteiger partial charge >= 0.3 is 5.97 Å². The number of anilines is 1. The molecule has 0 spiro atoms. The average molecular weight is 613 g/mol. The van der Waals surface area contributed by atoms with Crippen molar-refractivity contribution in [2.45, 2.75) is 17.9 Å². The van der Waals surface area contributed by atoms with Gasteiger partial charge in [0, 0.05) is 40.2 Å². The zero-order valence-electron chi connectivity index (χ0n) is 22.5. The van der Waals surface area contributed by atoms with Crippen LogP contribution in [-0.4, -0.2) is 45.4 Å². The molecule has 1 aliphatic rings. The predicted molar refractivity (Wildman–Crippen MR) is 165 cm³/mol. The lowest BCUT2D eigenvalue weighted by Crippen LogP contribution is -2.45.